The molecule has 2 unspecified atom stereocenters. The minimum absolute atomic E-state index is 0.107. The van der Waals surface area contributed by atoms with E-state index in [0.717, 1.165) is 43.1 Å². The highest BCUT2D eigenvalue weighted by Gasteiger charge is 2.45. The van der Waals surface area contributed by atoms with Gasteiger partial charge in [0, 0.05) is 37.2 Å². The van der Waals surface area contributed by atoms with Gasteiger partial charge < -0.3 is 15.4 Å². The van der Waals surface area contributed by atoms with Gasteiger partial charge in [0.2, 0.25) is 11.8 Å². The first kappa shape index (κ1) is 19.2. The zero-order valence-corrected chi connectivity index (χ0v) is 16.5. The third kappa shape index (κ3) is 3.18. The van der Waals surface area contributed by atoms with Crippen LogP contribution in [-0.4, -0.2) is 66.9 Å². The van der Waals surface area contributed by atoms with Crippen LogP contribution in [0, 0.1) is 5.41 Å². The average Bonchev–Trinajstić information content (AvgIpc) is 2.96. The molecule has 4 aliphatic heterocycles. The molecule has 4 amide bonds. The highest BCUT2D eigenvalue weighted by atomic mass is 16.5. The summed E-state index contributed by atoms with van der Waals surface area (Å²) in [7, 11) is 0. The minimum atomic E-state index is -0.949. The van der Waals surface area contributed by atoms with Crippen molar-refractivity contribution in [3.63, 3.8) is 0 Å². The number of imide groups is 2. The Balaban J connectivity index is 1.24. The molecule has 1 aromatic rings. The molecule has 0 aromatic heterocycles. The molecule has 3 fully saturated rings. The SMILES string of the molecule is O=C1CCC(N2C(=O)c3ccc(NCC4CCC5(CNC5)CO4)cc3C2=O)C(=O)N1. The second-order valence-corrected chi connectivity index (χ2v) is 8.66. The van der Waals surface area contributed by atoms with Crippen molar-refractivity contribution in [3.05, 3.63) is 29.3 Å². The summed E-state index contributed by atoms with van der Waals surface area (Å²) in [5.41, 5.74) is 1.60. The molecule has 9 nitrogen and oxygen atoms in total. The number of amides is 4. The normalized spacial score (nSPS) is 27.7. The van der Waals surface area contributed by atoms with Crippen LogP contribution in [0.1, 0.15) is 46.4 Å². The maximum atomic E-state index is 12.9. The zero-order valence-electron chi connectivity index (χ0n) is 16.5. The molecule has 3 saturated heterocycles. The fourth-order valence-electron chi connectivity index (χ4n) is 4.65. The van der Waals surface area contributed by atoms with Gasteiger partial charge in [-0.2, -0.15) is 0 Å². The van der Waals surface area contributed by atoms with Crippen LogP contribution in [0.2, 0.25) is 0 Å². The van der Waals surface area contributed by atoms with Crippen LogP contribution in [0.3, 0.4) is 0 Å². The van der Waals surface area contributed by atoms with Crippen LogP contribution in [0.15, 0.2) is 18.2 Å². The third-order valence-electron chi connectivity index (χ3n) is 6.60. The number of piperidine rings is 1. The molecule has 30 heavy (non-hydrogen) atoms. The summed E-state index contributed by atoms with van der Waals surface area (Å²) >= 11 is 0. The van der Waals surface area contributed by atoms with Crippen LogP contribution in [0.4, 0.5) is 5.69 Å². The number of carbonyl (C=O) groups is 4. The number of ether oxygens (including phenoxy) is 1. The van der Waals surface area contributed by atoms with Crippen molar-refractivity contribution in [2.75, 3.05) is 31.6 Å². The number of hydrogen-bond acceptors (Lipinski definition) is 7. The number of benzene rings is 1. The monoisotopic (exact) mass is 412 g/mol. The molecule has 0 radical (unpaired) electrons. The maximum absolute atomic E-state index is 12.9. The summed E-state index contributed by atoms with van der Waals surface area (Å²) in [4.78, 5) is 50.1. The number of fused-ring (bicyclic) bond motifs is 1. The molecule has 2 atom stereocenters. The standard InChI is InChI=1S/C21H24N4O5/c26-17-4-3-16(18(27)24-17)25-19(28)14-2-1-12(7-15(14)20(25)29)23-8-13-5-6-21(11-30-13)9-22-10-21/h1-2,7,13,16,22-23H,3-6,8-11H2,(H,24,26,27). The van der Waals surface area contributed by atoms with E-state index in [-0.39, 0.29) is 36.0 Å². The molecule has 4 heterocycles. The second-order valence-electron chi connectivity index (χ2n) is 8.66. The lowest BCUT2D eigenvalue weighted by molar-refractivity contribution is -0.136. The Labute approximate surface area is 173 Å². The highest BCUT2D eigenvalue weighted by molar-refractivity contribution is 6.23. The van der Waals surface area contributed by atoms with Gasteiger partial charge in [0.05, 0.1) is 23.8 Å². The van der Waals surface area contributed by atoms with Gasteiger partial charge in [-0.3, -0.25) is 29.4 Å². The summed E-state index contributed by atoms with van der Waals surface area (Å²) in [6.45, 7) is 3.45. The smallest absolute Gasteiger partial charge is 0.262 e. The van der Waals surface area contributed by atoms with E-state index in [4.69, 9.17) is 4.74 Å². The van der Waals surface area contributed by atoms with Crippen molar-refractivity contribution in [1.82, 2.24) is 15.5 Å². The fourth-order valence-corrected chi connectivity index (χ4v) is 4.65. The van der Waals surface area contributed by atoms with Crippen molar-refractivity contribution in [2.24, 2.45) is 5.41 Å². The van der Waals surface area contributed by atoms with Crippen LogP contribution < -0.4 is 16.0 Å². The summed E-state index contributed by atoms with van der Waals surface area (Å²) < 4.78 is 6.00. The van der Waals surface area contributed by atoms with E-state index in [9.17, 15) is 19.2 Å². The Morgan fingerprint density at radius 2 is 1.90 bits per heavy atom. The van der Waals surface area contributed by atoms with Gasteiger partial charge >= 0.3 is 0 Å². The van der Waals surface area contributed by atoms with E-state index in [1.54, 1.807) is 18.2 Å². The number of carbonyl (C=O) groups excluding carboxylic acids is 4. The Morgan fingerprint density at radius 3 is 2.57 bits per heavy atom. The van der Waals surface area contributed by atoms with Gasteiger partial charge in [0.15, 0.2) is 0 Å². The molecular formula is C21H24N4O5. The van der Waals surface area contributed by atoms with E-state index >= 15 is 0 Å². The predicted molar refractivity (Wildman–Crippen MR) is 106 cm³/mol. The van der Waals surface area contributed by atoms with E-state index in [1.165, 1.54) is 0 Å². The lowest BCUT2D eigenvalue weighted by atomic mass is 9.76. The highest BCUT2D eigenvalue weighted by Crippen LogP contribution is 2.35. The van der Waals surface area contributed by atoms with Crippen LogP contribution in [0.5, 0.6) is 0 Å². The molecule has 158 valence electrons. The molecule has 0 saturated carbocycles. The Morgan fingerprint density at radius 1 is 1.10 bits per heavy atom. The van der Waals surface area contributed by atoms with Gasteiger partial charge in [-0.15, -0.1) is 0 Å². The molecule has 0 aliphatic carbocycles. The number of nitrogens with zero attached hydrogens (tertiary/aromatic N) is 1. The number of anilines is 1. The van der Waals surface area contributed by atoms with Gasteiger partial charge in [-0.25, -0.2) is 0 Å². The van der Waals surface area contributed by atoms with Crippen molar-refractivity contribution >= 4 is 29.3 Å². The maximum Gasteiger partial charge on any atom is 0.262 e. The molecule has 4 aliphatic rings. The van der Waals surface area contributed by atoms with Gasteiger partial charge in [-0.05, 0) is 37.5 Å². The van der Waals surface area contributed by atoms with E-state index in [1.807, 2.05) is 0 Å². The first-order valence-electron chi connectivity index (χ1n) is 10.4. The molecule has 9 heteroatoms. The Bertz CT molecular complexity index is 931. The minimum Gasteiger partial charge on any atom is -0.382 e. The van der Waals surface area contributed by atoms with Crippen molar-refractivity contribution < 1.29 is 23.9 Å². The van der Waals surface area contributed by atoms with Crippen molar-refractivity contribution in [2.45, 2.75) is 37.8 Å². The fraction of sp³-hybridized carbons (Fsp3) is 0.524. The molecular weight excluding hydrogens is 388 g/mol. The lowest BCUT2D eigenvalue weighted by Gasteiger charge is -2.47. The van der Waals surface area contributed by atoms with Crippen LogP contribution in [0.25, 0.3) is 0 Å². The van der Waals surface area contributed by atoms with E-state index < -0.39 is 23.8 Å². The van der Waals surface area contributed by atoms with E-state index in [0.29, 0.717) is 12.0 Å². The number of nitrogens with one attached hydrogen (secondary N) is 3. The largest absolute Gasteiger partial charge is 0.382 e. The summed E-state index contributed by atoms with van der Waals surface area (Å²) in [5, 5.41) is 8.81. The van der Waals surface area contributed by atoms with E-state index in [2.05, 4.69) is 16.0 Å². The topological polar surface area (TPSA) is 117 Å². The van der Waals surface area contributed by atoms with Gasteiger partial charge in [0.25, 0.3) is 11.8 Å². The predicted octanol–water partition coefficient (Wildman–Crippen LogP) is 0.268. The summed E-state index contributed by atoms with van der Waals surface area (Å²) in [6.07, 6.45) is 2.50. The Kier molecular flexibility index (Phi) is 4.59. The van der Waals surface area contributed by atoms with Crippen molar-refractivity contribution in [1.29, 1.82) is 0 Å². The summed E-state index contributed by atoms with van der Waals surface area (Å²) in [6, 6.07) is 4.08. The van der Waals surface area contributed by atoms with Gasteiger partial charge in [-0.1, -0.05) is 0 Å². The third-order valence-corrected chi connectivity index (χ3v) is 6.60. The number of rotatable bonds is 4. The zero-order chi connectivity index (χ0) is 20.9. The Hall–Kier alpha value is -2.78. The molecule has 1 aromatic carbocycles. The molecule has 1 spiro atoms. The lowest BCUT2D eigenvalue weighted by Crippen LogP contribution is -2.58. The quantitative estimate of drug-likeness (QED) is 0.608. The second kappa shape index (κ2) is 7.17. The van der Waals surface area contributed by atoms with Crippen molar-refractivity contribution in [3.8, 4) is 0 Å². The van der Waals surface area contributed by atoms with Crippen LogP contribution >= 0.6 is 0 Å². The number of hydrogen-bond donors (Lipinski definition) is 3. The molecule has 3 N–H and O–H groups in total. The first-order chi connectivity index (χ1) is 14.5. The first-order valence-corrected chi connectivity index (χ1v) is 10.4. The molecule has 5 rings (SSSR count). The summed E-state index contributed by atoms with van der Waals surface area (Å²) in [5.74, 6) is -1.98. The average molecular weight is 412 g/mol. The molecule has 0 bridgehead atoms. The van der Waals surface area contributed by atoms with Gasteiger partial charge in [0.1, 0.15) is 6.04 Å². The van der Waals surface area contributed by atoms with Crippen LogP contribution in [-0.2, 0) is 14.3 Å².